The van der Waals surface area contributed by atoms with Crippen LogP contribution in [0.5, 0.6) is 0 Å². The zero-order chi connectivity index (χ0) is 18.3. The maximum atomic E-state index is 14.6. The molecule has 3 heterocycles. The number of aromatic nitrogens is 2. The summed E-state index contributed by atoms with van der Waals surface area (Å²) in [7, 11) is 0. The van der Waals surface area contributed by atoms with Crippen molar-refractivity contribution in [3.63, 3.8) is 0 Å². The number of carbonyl (C=O) groups is 1. The van der Waals surface area contributed by atoms with Gasteiger partial charge in [0.05, 0.1) is 18.3 Å². The summed E-state index contributed by atoms with van der Waals surface area (Å²) in [4.78, 5) is 12.1. The first-order valence-corrected chi connectivity index (χ1v) is 8.95. The van der Waals surface area contributed by atoms with E-state index in [1.54, 1.807) is 16.9 Å². The minimum absolute atomic E-state index is 0.186. The molecular weight excluding hydrogens is 344 g/mol. The smallest absolute Gasteiger partial charge is 0.407 e. The van der Waals surface area contributed by atoms with Crippen molar-refractivity contribution < 1.29 is 23.4 Å². The topological polar surface area (TPSA) is 67.6 Å². The van der Waals surface area contributed by atoms with Gasteiger partial charge < -0.3 is 14.7 Å². The van der Waals surface area contributed by atoms with Gasteiger partial charge in [-0.15, -0.1) is 0 Å². The van der Waals surface area contributed by atoms with Crippen molar-refractivity contribution in [3.05, 3.63) is 29.7 Å². The average molecular weight is 365 g/mol. The first-order chi connectivity index (χ1) is 12.5. The van der Waals surface area contributed by atoms with Gasteiger partial charge in [0.1, 0.15) is 12.0 Å². The van der Waals surface area contributed by atoms with Gasteiger partial charge in [0.2, 0.25) is 0 Å². The van der Waals surface area contributed by atoms with E-state index in [1.807, 2.05) is 0 Å². The standard InChI is InChI=1S/C18H21F2N3O3/c19-14-7-11-9-21-23(17-3-1-2-6-26-17)16(11)8-13(14)12-4-5-22(18(24)25)10-15(12)20/h7-9,12,15,17H,1-6,10H2,(H,24,25). The van der Waals surface area contributed by atoms with E-state index in [0.29, 0.717) is 12.0 Å². The van der Waals surface area contributed by atoms with Crippen LogP contribution in [0.25, 0.3) is 10.9 Å². The van der Waals surface area contributed by atoms with Crippen LogP contribution in [0.2, 0.25) is 0 Å². The van der Waals surface area contributed by atoms with Crippen LogP contribution >= 0.6 is 0 Å². The minimum atomic E-state index is -1.44. The molecule has 2 aliphatic rings. The zero-order valence-corrected chi connectivity index (χ0v) is 14.3. The van der Waals surface area contributed by atoms with Gasteiger partial charge in [-0.25, -0.2) is 18.3 Å². The van der Waals surface area contributed by atoms with Crippen LogP contribution in [0.3, 0.4) is 0 Å². The Morgan fingerprint density at radius 1 is 1.31 bits per heavy atom. The maximum absolute atomic E-state index is 14.6. The molecule has 0 saturated carbocycles. The number of rotatable bonds is 2. The Hall–Kier alpha value is -2.22. The largest absolute Gasteiger partial charge is 0.465 e. The lowest BCUT2D eigenvalue weighted by molar-refractivity contribution is -0.0366. The lowest BCUT2D eigenvalue weighted by Crippen LogP contribution is -2.43. The summed E-state index contributed by atoms with van der Waals surface area (Å²) >= 11 is 0. The second-order valence-electron chi connectivity index (χ2n) is 6.98. The Balaban J connectivity index is 1.67. The van der Waals surface area contributed by atoms with E-state index in [9.17, 15) is 13.6 Å². The molecule has 1 aromatic heterocycles. The number of ether oxygens (including phenoxy) is 1. The number of hydrogen-bond donors (Lipinski definition) is 1. The number of hydrogen-bond acceptors (Lipinski definition) is 3. The first-order valence-electron chi connectivity index (χ1n) is 8.95. The Labute approximate surface area is 149 Å². The van der Waals surface area contributed by atoms with Crippen molar-refractivity contribution >= 4 is 17.0 Å². The second kappa shape index (κ2) is 6.83. The van der Waals surface area contributed by atoms with Crippen molar-refractivity contribution in [2.75, 3.05) is 19.7 Å². The maximum Gasteiger partial charge on any atom is 0.407 e. The molecule has 2 aliphatic heterocycles. The summed E-state index contributed by atoms with van der Waals surface area (Å²) in [5, 5.41) is 14.0. The zero-order valence-electron chi connectivity index (χ0n) is 14.3. The normalized spacial score (nSPS) is 27.0. The van der Waals surface area contributed by atoms with E-state index >= 15 is 0 Å². The molecule has 2 fully saturated rings. The van der Waals surface area contributed by atoms with Gasteiger partial charge in [-0.05, 0) is 43.4 Å². The van der Waals surface area contributed by atoms with Gasteiger partial charge in [-0.1, -0.05) is 0 Å². The average Bonchev–Trinajstić information content (AvgIpc) is 3.04. The molecule has 8 heteroatoms. The Morgan fingerprint density at radius 2 is 2.15 bits per heavy atom. The summed E-state index contributed by atoms with van der Waals surface area (Å²) in [6.07, 6.45) is 1.98. The van der Waals surface area contributed by atoms with Crippen LogP contribution in [0, 0.1) is 5.82 Å². The molecule has 1 N–H and O–H groups in total. The van der Waals surface area contributed by atoms with E-state index in [1.165, 1.54) is 6.07 Å². The predicted octanol–water partition coefficient (Wildman–Crippen LogP) is 3.68. The summed E-state index contributed by atoms with van der Waals surface area (Å²) in [5.74, 6) is -1.14. The molecule has 1 aromatic carbocycles. The van der Waals surface area contributed by atoms with Crippen molar-refractivity contribution in [1.29, 1.82) is 0 Å². The van der Waals surface area contributed by atoms with Crippen LogP contribution in [-0.2, 0) is 4.74 Å². The lowest BCUT2D eigenvalue weighted by atomic mass is 9.87. The molecule has 0 bridgehead atoms. The first kappa shape index (κ1) is 17.2. The van der Waals surface area contributed by atoms with Crippen molar-refractivity contribution in [2.24, 2.45) is 0 Å². The van der Waals surface area contributed by atoms with E-state index in [0.717, 1.165) is 29.7 Å². The van der Waals surface area contributed by atoms with E-state index in [4.69, 9.17) is 9.84 Å². The molecule has 140 valence electrons. The summed E-state index contributed by atoms with van der Waals surface area (Å²) in [6.45, 7) is 0.631. The van der Waals surface area contributed by atoms with Crippen LogP contribution < -0.4 is 0 Å². The van der Waals surface area contributed by atoms with Crippen molar-refractivity contribution in [3.8, 4) is 0 Å². The second-order valence-corrected chi connectivity index (χ2v) is 6.98. The summed E-state index contributed by atoms with van der Waals surface area (Å²) in [5.41, 5.74) is 1.01. The van der Waals surface area contributed by atoms with E-state index < -0.39 is 24.0 Å². The summed E-state index contributed by atoms with van der Waals surface area (Å²) < 4.78 is 36.7. The third-order valence-electron chi connectivity index (χ3n) is 5.35. The van der Waals surface area contributed by atoms with Crippen molar-refractivity contribution in [2.45, 2.75) is 44.0 Å². The number of halogens is 2. The quantitative estimate of drug-likeness (QED) is 0.882. The van der Waals surface area contributed by atoms with Gasteiger partial charge in [0.25, 0.3) is 0 Å². The van der Waals surface area contributed by atoms with Crippen LogP contribution in [0.4, 0.5) is 13.6 Å². The number of alkyl halides is 1. The third-order valence-corrected chi connectivity index (χ3v) is 5.35. The number of likely N-dealkylation sites (tertiary alicyclic amines) is 1. The van der Waals surface area contributed by atoms with Gasteiger partial charge >= 0.3 is 6.09 Å². The van der Waals surface area contributed by atoms with E-state index in [2.05, 4.69) is 5.10 Å². The highest BCUT2D eigenvalue weighted by atomic mass is 19.1. The number of benzene rings is 1. The molecule has 3 unspecified atom stereocenters. The van der Waals surface area contributed by atoms with Crippen LogP contribution in [0.15, 0.2) is 18.3 Å². The molecule has 0 radical (unpaired) electrons. The van der Waals surface area contributed by atoms with Crippen LogP contribution in [0.1, 0.15) is 43.4 Å². The minimum Gasteiger partial charge on any atom is -0.465 e. The van der Waals surface area contributed by atoms with E-state index in [-0.39, 0.29) is 31.3 Å². The Bertz CT molecular complexity index is 819. The summed E-state index contributed by atoms with van der Waals surface area (Å²) in [6, 6.07) is 3.04. The number of fused-ring (bicyclic) bond motifs is 1. The molecule has 0 aliphatic carbocycles. The molecular formula is C18H21F2N3O3. The number of amides is 1. The fraction of sp³-hybridized carbons (Fsp3) is 0.556. The highest BCUT2D eigenvalue weighted by Gasteiger charge is 2.34. The number of carboxylic acid groups (broad SMARTS) is 1. The fourth-order valence-corrected chi connectivity index (χ4v) is 3.94. The molecule has 1 amide bonds. The molecule has 0 spiro atoms. The fourth-order valence-electron chi connectivity index (χ4n) is 3.94. The highest BCUT2D eigenvalue weighted by molar-refractivity contribution is 5.80. The molecule has 4 rings (SSSR count). The Morgan fingerprint density at radius 3 is 2.85 bits per heavy atom. The Kier molecular flexibility index (Phi) is 4.52. The third kappa shape index (κ3) is 3.02. The van der Waals surface area contributed by atoms with Gasteiger partial charge in [-0.2, -0.15) is 5.10 Å². The highest BCUT2D eigenvalue weighted by Crippen LogP contribution is 2.35. The molecule has 2 saturated heterocycles. The predicted molar refractivity (Wildman–Crippen MR) is 90.4 cm³/mol. The SMILES string of the molecule is O=C(O)N1CCC(c2cc3c(cnn3C3CCCCO3)cc2F)C(F)C1. The number of nitrogens with zero attached hydrogens (tertiary/aromatic N) is 3. The van der Waals surface area contributed by atoms with Gasteiger partial charge in [0.15, 0.2) is 6.23 Å². The molecule has 3 atom stereocenters. The molecule has 26 heavy (non-hydrogen) atoms. The van der Waals surface area contributed by atoms with Crippen molar-refractivity contribution in [1.82, 2.24) is 14.7 Å². The monoisotopic (exact) mass is 365 g/mol. The van der Waals surface area contributed by atoms with Gasteiger partial charge in [0, 0.05) is 24.5 Å². The lowest BCUT2D eigenvalue weighted by Gasteiger charge is -2.33. The van der Waals surface area contributed by atoms with Gasteiger partial charge in [-0.3, -0.25) is 0 Å². The van der Waals surface area contributed by atoms with Crippen LogP contribution in [-0.4, -0.2) is 51.7 Å². The number of piperidine rings is 1. The molecule has 6 nitrogen and oxygen atoms in total. The molecule has 2 aromatic rings.